The SMILES string of the molecule is C1=CN(N2Cc3ccccc3C=N2)c2ccccc2C1. The van der Waals surface area contributed by atoms with Crippen molar-refractivity contribution in [3.63, 3.8) is 0 Å². The molecule has 2 heterocycles. The van der Waals surface area contributed by atoms with Crippen LogP contribution in [0.15, 0.2) is 65.9 Å². The number of anilines is 1. The molecule has 2 aliphatic rings. The summed E-state index contributed by atoms with van der Waals surface area (Å²) in [6.07, 6.45) is 7.21. The average Bonchev–Trinajstić information content (AvgIpc) is 2.54. The lowest BCUT2D eigenvalue weighted by Gasteiger charge is -2.36. The van der Waals surface area contributed by atoms with Crippen LogP contribution in [-0.2, 0) is 13.0 Å². The van der Waals surface area contributed by atoms with Crippen molar-refractivity contribution >= 4 is 11.9 Å². The number of allylic oxidation sites excluding steroid dienone is 1. The van der Waals surface area contributed by atoms with E-state index in [1.807, 2.05) is 11.3 Å². The maximum absolute atomic E-state index is 4.58. The van der Waals surface area contributed by atoms with Gasteiger partial charge < -0.3 is 0 Å². The maximum Gasteiger partial charge on any atom is 0.0847 e. The first-order valence-electron chi connectivity index (χ1n) is 6.85. The van der Waals surface area contributed by atoms with Gasteiger partial charge in [-0.05, 0) is 29.2 Å². The second-order valence-corrected chi connectivity index (χ2v) is 5.04. The van der Waals surface area contributed by atoms with Crippen LogP contribution in [-0.4, -0.2) is 11.3 Å². The molecule has 3 heteroatoms. The van der Waals surface area contributed by atoms with E-state index in [0.717, 1.165) is 13.0 Å². The molecule has 2 aromatic carbocycles. The summed E-state index contributed by atoms with van der Waals surface area (Å²) in [6, 6.07) is 16.9. The van der Waals surface area contributed by atoms with Crippen molar-refractivity contribution in [2.45, 2.75) is 13.0 Å². The number of benzene rings is 2. The fourth-order valence-electron chi connectivity index (χ4n) is 2.73. The van der Waals surface area contributed by atoms with E-state index in [-0.39, 0.29) is 0 Å². The summed E-state index contributed by atoms with van der Waals surface area (Å²) in [6.45, 7) is 0.797. The van der Waals surface area contributed by atoms with Gasteiger partial charge in [-0.2, -0.15) is 10.2 Å². The van der Waals surface area contributed by atoms with Crippen LogP contribution in [0.25, 0.3) is 0 Å². The van der Waals surface area contributed by atoms with E-state index in [1.165, 1.54) is 22.4 Å². The van der Waals surface area contributed by atoms with Gasteiger partial charge in [-0.3, -0.25) is 0 Å². The first kappa shape index (κ1) is 11.3. The molecule has 0 saturated heterocycles. The quantitative estimate of drug-likeness (QED) is 0.784. The zero-order valence-corrected chi connectivity index (χ0v) is 11.1. The van der Waals surface area contributed by atoms with E-state index >= 15 is 0 Å². The molecule has 0 N–H and O–H groups in total. The molecule has 0 aliphatic carbocycles. The maximum atomic E-state index is 4.58. The number of rotatable bonds is 1. The van der Waals surface area contributed by atoms with E-state index < -0.39 is 0 Å². The second-order valence-electron chi connectivity index (χ2n) is 5.04. The fraction of sp³-hybridized carbons (Fsp3) is 0.118. The molecule has 2 aliphatic heterocycles. The van der Waals surface area contributed by atoms with E-state index in [9.17, 15) is 0 Å². The van der Waals surface area contributed by atoms with Gasteiger partial charge in [0.15, 0.2) is 0 Å². The first-order chi connectivity index (χ1) is 9.92. The van der Waals surface area contributed by atoms with Gasteiger partial charge >= 0.3 is 0 Å². The summed E-state index contributed by atoms with van der Waals surface area (Å²) in [5, 5.41) is 8.72. The van der Waals surface area contributed by atoms with Crippen molar-refractivity contribution in [2.75, 3.05) is 5.01 Å². The summed E-state index contributed by atoms with van der Waals surface area (Å²) in [5.41, 5.74) is 5.06. The number of nitrogens with zero attached hydrogens (tertiary/aromatic N) is 3. The van der Waals surface area contributed by atoms with Crippen LogP contribution in [0, 0.1) is 0 Å². The Morgan fingerprint density at radius 1 is 0.900 bits per heavy atom. The Bertz CT molecular complexity index is 703. The molecule has 2 aromatic rings. The zero-order valence-electron chi connectivity index (χ0n) is 11.1. The lowest BCUT2D eigenvalue weighted by Crippen LogP contribution is -2.38. The minimum absolute atomic E-state index is 0.797. The number of fused-ring (bicyclic) bond motifs is 2. The van der Waals surface area contributed by atoms with E-state index in [1.54, 1.807) is 0 Å². The highest BCUT2D eigenvalue weighted by Crippen LogP contribution is 2.29. The molecule has 3 nitrogen and oxygen atoms in total. The van der Waals surface area contributed by atoms with E-state index in [2.05, 4.69) is 70.9 Å². The average molecular weight is 261 g/mol. The summed E-state index contributed by atoms with van der Waals surface area (Å²) in [5.74, 6) is 0. The molecule has 0 radical (unpaired) electrons. The summed E-state index contributed by atoms with van der Waals surface area (Å²) in [7, 11) is 0. The standard InChI is InChI=1S/C17H15N3/c1-2-8-16-13-20(18-12-15(16)7-1)19-11-5-9-14-6-3-4-10-17(14)19/h1-8,10-12H,9,13H2. The molecule has 20 heavy (non-hydrogen) atoms. The molecular formula is C17H15N3. The largest absolute Gasteiger partial charge is 0.245 e. The molecule has 4 rings (SSSR count). The molecular weight excluding hydrogens is 246 g/mol. The normalized spacial score (nSPS) is 16.0. The van der Waals surface area contributed by atoms with Gasteiger partial charge in [-0.15, -0.1) is 0 Å². The number of para-hydroxylation sites is 1. The Hall–Kier alpha value is -2.55. The Kier molecular flexibility index (Phi) is 2.56. The summed E-state index contributed by atoms with van der Waals surface area (Å²) < 4.78 is 0. The van der Waals surface area contributed by atoms with Gasteiger partial charge in [-0.25, -0.2) is 5.01 Å². The third-order valence-corrected chi connectivity index (χ3v) is 3.77. The second kappa shape index (κ2) is 4.53. The Balaban J connectivity index is 1.70. The van der Waals surface area contributed by atoms with Gasteiger partial charge in [-0.1, -0.05) is 48.5 Å². The van der Waals surface area contributed by atoms with Crippen LogP contribution in [0.2, 0.25) is 0 Å². The van der Waals surface area contributed by atoms with Gasteiger partial charge in [0.2, 0.25) is 0 Å². The van der Waals surface area contributed by atoms with Crippen molar-refractivity contribution in [1.82, 2.24) is 5.12 Å². The van der Waals surface area contributed by atoms with Gasteiger partial charge in [0.1, 0.15) is 0 Å². The van der Waals surface area contributed by atoms with E-state index in [4.69, 9.17) is 0 Å². The van der Waals surface area contributed by atoms with Crippen LogP contribution < -0.4 is 5.01 Å². The third-order valence-electron chi connectivity index (χ3n) is 3.77. The van der Waals surface area contributed by atoms with Gasteiger partial charge in [0, 0.05) is 6.20 Å². The molecule has 0 bridgehead atoms. The highest BCUT2D eigenvalue weighted by Gasteiger charge is 2.20. The Labute approximate surface area is 118 Å². The molecule has 0 atom stereocenters. The molecule has 0 saturated carbocycles. The molecule has 98 valence electrons. The number of hydrazine groups is 1. The smallest absolute Gasteiger partial charge is 0.0847 e. The summed E-state index contributed by atoms with van der Waals surface area (Å²) in [4.78, 5) is 0. The highest BCUT2D eigenvalue weighted by molar-refractivity contribution is 5.82. The Morgan fingerprint density at radius 2 is 1.70 bits per heavy atom. The van der Waals surface area contributed by atoms with Crippen LogP contribution in [0.5, 0.6) is 0 Å². The van der Waals surface area contributed by atoms with Crippen LogP contribution in [0.1, 0.15) is 16.7 Å². The van der Waals surface area contributed by atoms with E-state index in [0.29, 0.717) is 0 Å². The molecule has 0 amide bonds. The fourth-order valence-corrected chi connectivity index (χ4v) is 2.73. The minimum Gasteiger partial charge on any atom is -0.245 e. The van der Waals surface area contributed by atoms with Crippen molar-refractivity contribution < 1.29 is 0 Å². The third kappa shape index (κ3) is 1.79. The number of hydrogen-bond acceptors (Lipinski definition) is 3. The van der Waals surface area contributed by atoms with Gasteiger partial charge in [0.25, 0.3) is 0 Å². The lowest BCUT2D eigenvalue weighted by atomic mass is 10.1. The number of hydrogen-bond donors (Lipinski definition) is 0. The molecule has 0 spiro atoms. The number of hydrazone groups is 1. The molecule has 0 fully saturated rings. The van der Waals surface area contributed by atoms with Crippen molar-refractivity contribution in [2.24, 2.45) is 5.10 Å². The van der Waals surface area contributed by atoms with Crippen LogP contribution in [0.4, 0.5) is 5.69 Å². The van der Waals surface area contributed by atoms with Crippen LogP contribution in [0.3, 0.4) is 0 Å². The van der Waals surface area contributed by atoms with Crippen molar-refractivity contribution in [3.8, 4) is 0 Å². The van der Waals surface area contributed by atoms with Crippen LogP contribution >= 0.6 is 0 Å². The zero-order chi connectivity index (χ0) is 13.4. The predicted molar refractivity (Wildman–Crippen MR) is 81.3 cm³/mol. The van der Waals surface area contributed by atoms with Gasteiger partial charge in [0.05, 0.1) is 18.4 Å². The minimum atomic E-state index is 0.797. The lowest BCUT2D eigenvalue weighted by molar-refractivity contribution is 0.276. The first-order valence-corrected chi connectivity index (χ1v) is 6.85. The highest BCUT2D eigenvalue weighted by atomic mass is 15.8. The topological polar surface area (TPSA) is 18.8 Å². The molecule has 0 aromatic heterocycles. The van der Waals surface area contributed by atoms with Crippen molar-refractivity contribution in [1.29, 1.82) is 0 Å². The summed E-state index contributed by atoms with van der Waals surface area (Å²) >= 11 is 0. The Morgan fingerprint density at radius 3 is 2.65 bits per heavy atom. The predicted octanol–water partition coefficient (Wildman–Crippen LogP) is 3.33. The van der Waals surface area contributed by atoms with Crippen molar-refractivity contribution in [3.05, 3.63) is 77.5 Å². The molecule has 0 unspecified atom stereocenters. The monoisotopic (exact) mass is 261 g/mol.